The van der Waals surface area contributed by atoms with Crippen LogP contribution in [0, 0.1) is 58.2 Å². The Hall–Kier alpha value is -0.510. The van der Waals surface area contributed by atoms with Gasteiger partial charge in [0.15, 0.2) is 0 Å². The second-order valence-corrected chi connectivity index (χ2v) is 11.6. The van der Waals surface area contributed by atoms with Gasteiger partial charge in [0.05, 0.1) is 11.5 Å². The van der Waals surface area contributed by atoms with Crippen molar-refractivity contribution in [1.29, 1.82) is 5.26 Å². The summed E-state index contributed by atoms with van der Waals surface area (Å²) in [6.07, 6.45) is 23.7. The van der Waals surface area contributed by atoms with Crippen LogP contribution in [0.5, 0.6) is 0 Å². The largest absolute Gasteiger partial charge is 0.198 e. The molecule has 0 spiro atoms. The molecule has 29 heavy (non-hydrogen) atoms. The van der Waals surface area contributed by atoms with Crippen molar-refractivity contribution in [3.63, 3.8) is 0 Å². The van der Waals surface area contributed by atoms with E-state index in [1.807, 2.05) is 0 Å². The average Bonchev–Trinajstić information content (AvgIpc) is 2.77. The Morgan fingerprint density at radius 1 is 0.759 bits per heavy atom. The van der Waals surface area contributed by atoms with Crippen LogP contribution in [-0.4, -0.2) is 0 Å². The molecule has 0 aromatic heterocycles. The van der Waals surface area contributed by atoms with Crippen LogP contribution in [0.3, 0.4) is 0 Å². The number of nitrogens with zero attached hydrogens (tertiary/aromatic N) is 1. The maximum absolute atomic E-state index is 10.1. The lowest BCUT2D eigenvalue weighted by Crippen LogP contribution is -2.49. The minimum Gasteiger partial charge on any atom is -0.198 e. The van der Waals surface area contributed by atoms with Gasteiger partial charge in [0.25, 0.3) is 0 Å². The molecule has 0 heterocycles. The third kappa shape index (κ3) is 4.43. The lowest BCUT2D eigenvalue weighted by atomic mass is 9.48. The zero-order chi connectivity index (χ0) is 20.3. The molecule has 0 aliphatic heterocycles. The molecule has 0 N–H and O–H groups in total. The molecule has 0 saturated heterocycles. The third-order valence-corrected chi connectivity index (χ3v) is 10.4. The van der Waals surface area contributed by atoms with Crippen molar-refractivity contribution >= 4 is 0 Å². The quantitative estimate of drug-likeness (QED) is 0.395. The molecule has 1 heteroatoms. The molecular formula is C28H47N. The first-order chi connectivity index (χ1) is 14.2. The van der Waals surface area contributed by atoms with Crippen molar-refractivity contribution in [2.24, 2.45) is 46.8 Å². The lowest BCUT2D eigenvalue weighted by molar-refractivity contribution is -0.0711. The summed E-state index contributed by atoms with van der Waals surface area (Å²) in [7, 11) is 0. The first-order valence-electron chi connectivity index (χ1n) is 13.6. The van der Waals surface area contributed by atoms with Gasteiger partial charge in [-0.25, -0.2) is 0 Å². The highest BCUT2D eigenvalue weighted by atomic mass is 14.6. The Balaban J connectivity index is 1.37. The zero-order valence-corrected chi connectivity index (χ0v) is 19.5. The molecule has 8 unspecified atom stereocenters. The highest BCUT2D eigenvalue weighted by molar-refractivity contribution is 5.07. The molecule has 0 radical (unpaired) electrons. The molecule has 0 amide bonds. The van der Waals surface area contributed by atoms with Crippen LogP contribution in [-0.2, 0) is 0 Å². The van der Waals surface area contributed by atoms with E-state index in [4.69, 9.17) is 0 Å². The Labute approximate surface area is 181 Å². The van der Waals surface area contributed by atoms with Crippen LogP contribution >= 0.6 is 0 Å². The van der Waals surface area contributed by atoms with Crippen LogP contribution in [0.4, 0.5) is 0 Å². The van der Waals surface area contributed by atoms with Crippen molar-refractivity contribution in [2.45, 2.75) is 123 Å². The molecule has 4 aliphatic rings. The van der Waals surface area contributed by atoms with Crippen LogP contribution in [0.1, 0.15) is 123 Å². The van der Waals surface area contributed by atoms with Crippen molar-refractivity contribution in [2.75, 3.05) is 0 Å². The van der Waals surface area contributed by atoms with Gasteiger partial charge in [-0.1, -0.05) is 65.2 Å². The van der Waals surface area contributed by atoms with Gasteiger partial charge in [0.2, 0.25) is 0 Å². The van der Waals surface area contributed by atoms with E-state index in [0.29, 0.717) is 0 Å². The molecule has 0 aromatic rings. The summed E-state index contributed by atoms with van der Waals surface area (Å²) in [5.74, 6) is 7.09. The van der Waals surface area contributed by atoms with E-state index >= 15 is 0 Å². The van der Waals surface area contributed by atoms with E-state index in [1.165, 1.54) is 103 Å². The fourth-order valence-corrected chi connectivity index (χ4v) is 8.93. The van der Waals surface area contributed by atoms with Crippen LogP contribution in [0.25, 0.3) is 0 Å². The smallest absolute Gasteiger partial charge is 0.0689 e. The van der Waals surface area contributed by atoms with Gasteiger partial charge in [-0.05, 0) is 99.2 Å². The molecule has 1 nitrogen and oxygen atoms in total. The van der Waals surface area contributed by atoms with Crippen molar-refractivity contribution < 1.29 is 0 Å². The van der Waals surface area contributed by atoms with Crippen LogP contribution < -0.4 is 0 Å². The van der Waals surface area contributed by atoms with Gasteiger partial charge < -0.3 is 0 Å². The van der Waals surface area contributed by atoms with E-state index in [2.05, 4.69) is 19.9 Å². The van der Waals surface area contributed by atoms with E-state index in [0.717, 1.165) is 41.4 Å². The number of rotatable bonds is 7. The minimum absolute atomic E-state index is 0.0373. The summed E-state index contributed by atoms with van der Waals surface area (Å²) >= 11 is 0. The van der Waals surface area contributed by atoms with Gasteiger partial charge in [-0.2, -0.15) is 5.26 Å². The highest BCUT2D eigenvalue weighted by Gasteiger charge is 2.52. The molecule has 0 aromatic carbocycles. The molecule has 4 aliphatic carbocycles. The highest BCUT2D eigenvalue weighted by Crippen LogP contribution is 2.60. The first-order valence-corrected chi connectivity index (χ1v) is 13.6. The lowest BCUT2D eigenvalue weighted by Gasteiger charge is -2.57. The van der Waals surface area contributed by atoms with Gasteiger partial charge in [0, 0.05) is 0 Å². The first kappa shape index (κ1) is 21.7. The Bertz CT molecular complexity index is 561. The average molecular weight is 398 g/mol. The summed E-state index contributed by atoms with van der Waals surface area (Å²) in [6, 6.07) is 2.87. The Kier molecular flexibility index (Phi) is 7.30. The Morgan fingerprint density at radius 2 is 1.48 bits per heavy atom. The number of unbranched alkanes of at least 4 members (excludes halogenated alkanes) is 4. The van der Waals surface area contributed by atoms with E-state index in [9.17, 15) is 5.26 Å². The molecular weight excluding hydrogens is 350 g/mol. The maximum atomic E-state index is 10.1. The summed E-state index contributed by atoms with van der Waals surface area (Å²) in [5.41, 5.74) is 0.0373. The van der Waals surface area contributed by atoms with Gasteiger partial charge in [-0.15, -0.1) is 0 Å². The second kappa shape index (κ2) is 9.75. The molecule has 4 saturated carbocycles. The second-order valence-electron chi connectivity index (χ2n) is 11.6. The molecule has 164 valence electrons. The summed E-state index contributed by atoms with van der Waals surface area (Å²) in [5, 5.41) is 10.1. The van der Waals surface area contributed by atoms with Crippen LogP contribution in [0.15, 0.2) is 0 Å². The molecule has 8 atom stereocenters. The van der Waals surface area contributed by atoms with E-state index < -0.39 is 0 Å². The fourth-order valence-electron chi connectivity index (χ4n) is 8.93. The monoisotopic (exact) mass is 397 g/mol. The normalized spacial score (nSPS) is 44.2. The number of hydrogen-bond donors (Lipinski definition) is 0. The zero-order valence-electron chi connectivity index (χ0n) is 19.5. The van der Waals surface area contributed by atoms with Crippen LogP contribution in [0.2, 0.25) is 0 Å². The standard InChI is InChI=1S/C28H47N/c1-3-5-6-7-8-17-28(20-29)18-16-24-22(19-28)12-13-27-25-11-9-10-21(4-2)23(25)14-15-26(24)27/h21-27H,3-19H2,1-2H3. The van der Waals surface area contributed by atoms with Crippen molar-refractivity contribution in [3.8, 4) is 6.07 Å². The van der Waals surface area contributed by atoms with E-state index in [1.54, 1.807) is 6.42 Å². The molecule has 4 rings (SSSR count). The molecule has 0 bridgehead atoms. The SMILES string of the molecule is CCCCCCCC1(C#N)CCC2C(CCC3C4CCCC(CC)C4CCC23)C1. The van der Waals surface area contributed by atoms with Gasteiger partial charge in [0.1, 0.15) is 0 Å². The fraction of sp³-hybridized carbons (Fsp3) is 0.964. The maximum Gasteiger partial charge on any atom is 0.0689 e. The summed E-state index contributed by atoms with van der Waals surface area (Å²) in [4.78, 5) is 0. The predicted octanol–water partition coefficient (Wildman–Crippen LogP) is 8.54. The minimum atomic E-state index is 0.0373. The number of hydrogen-bond acceptors (Lipinski definition) is 1. The predicted molar refractivity (Wildman–Crippen MR) is 122 cm³/mol. The summed E-state index contributed by atoms with van der Waals surface area (Å²) in [6.45, 7) is 4.73. The summed E-state index contributed by atoms with van der Waals surface area (Å²) < 4.78 is 0. The van der Waals surface area contributed by atoms with Crippen molar-refractivity contribution in [3.05, 3.63) is 0 Å². The molecule has 4 fully saturated rings. The number of nitriles is 1. The number of fused-ring (bicyclic) bond motifs is 5. The van der Waals surface area contributed by atoms with Gasteiger partial charge in [-0.3, -0.25) is 0 Å². The van der Waals surface area contributed by atoms with Gasteiger partial charge >= 0.3 is 0 Å². The van der Waals surface area contributed by atoms with Crippen molar-refractivity contribution in [1.82, 2.24) is 0 Å². The van der Waals surface area contributed by atoms with E-state index in [-0.39, 0.29) is 5.41 Å². The Morgan fingerprint density at radius 3 is 2.28 bits per heavy atom. The third-order valence-electron chi connectivity index (χ3n) is 10.4. The topological polar surface area (TPSA) is 23.8 Å².